The number of halogens is 1. The molecule has 32 heavy (non-hydrogen) atoms. The lowest BCUT2D eigenvalue weighted by atomic mass is 10.2. The Morgan fingerprint density at radius 3 is 2.34 bits per heavy atom. The van der Waals surface area contributed by atoms with Crippen molar-refractivity contribution < 1.29 is 19.0 Å². The van der Waals surface area contributed by atoms with Gasteiger partial charge in [-0.05, 0) is 48.0 Å². The molecule has 3 rings (SSSR count). The van der Waals surface area contributed by atoms with Gasteiger partial charge in [0.2, 0.25) is 0 Å². The molecule has 0 aliphatic carbocycles. The molecule has 0 saturated carbocycles. The number of hydrogen-bond acceptors (Lipinski definition) is 5. The van der Waals surface area contributed by atoms with Gasteiger partial charge in [-0.1, -0.05) is 48.5 Å². The van der Waals surface area contributed by atoms with Crippen LogP contribution in [-0.2, 0) is 19.6 Å². The number of aliphatic hydroxyl groups is 1. The van der Waals surface area contributed by atoms with E-state index in [1.165, 1.54) is 17.7 Å². The fourth-order valence-electron chi connectivity index (χ4n) is 3.50. The number of methoxy groups -OCH3 is 1. The van der Waals surface area contributed by atoms with Gasteiger partial charge in [0, 0.05) is 26.2 Å². The van der Waals surface area contributed by atoms with Crippen LogP contribution in [0.4, 0.5) is 4.39 Å². The number of rotatable bonds is 12. The zero-order valence-electron chi connectivity index (χ0n) is 18.6. The minimum Gasteiger partial charge on any atom is -0.493 e. The van der Waals surface area contributed by atoms with E-state index in [2.05, 4.69) is 22.3 Å². The van der Waals surface area contributed by atoms with E-state index in [0.29, 0.717) is 31.1 Å². The Morgan fingerprint density at radius 1 is 0.906 bits per heavy atom. The van der Waals surface area contributed by atoms with Crippen molar-refractivity contribution in [1.29, 1.82) is 0 Å². The number of ether oxygens (including phenoxy) is 2. The molecular formula is C26H31FN2O3. The van der Waals surface area contributed by atoms with E-state index in [4.69, 9.17) is 9.47 Å². The van der Waals surface area contributed by atoms with Crippen LogP contribution in [0.5, 0.6) is 11.5 Å². The summed E-state index contributed by atoms with van der Waals surface area (Å²) in [7, 11) is 3.57. The molecule has 0 aliphatic rings. The highest BCUT2D eigenvalue weighted by molar-refractivity contribution is 5.43. The topological polar surface area (TPSA) is 54.0 Å². The maximum atomic E-state index is 13.3. The van der Waals surface area contributed by atoms with Crippen LogP contribution in [0.3, 0.4) is 0 Å². The van der Waals surface area contributed by atoms with Crippen molar-refractivity contribution in [2.45, 2.75) is 25.7 Å². The molecule has 0 saturated heterocycles. The molecule has 0 unspecified atom stereocenters. The molecule has 6 heteroatoms. The lowest BCUT2D eigenvalue weighted by molar-refractivity contribution is 0.0732. The highest BCUT2D eigenvalue weighted by Gasteiger charge is 2.12. The second-order valence-electron chi connectivity index (χ2n) is 7.87. The van der Waals surface area contributed by atoms with E-state index < -0.39 is 6.10 Å². The number of nitrogens with zero attached hydrogens (tertiary/aromatic N) is 1. The Morgan fingerprint density at radius 2 is 1.62 bits per heavy atom. The summed E-state index contributed by atoms with van der Waals surface area (Å²) in [6.45, 7) is 2.57. The molecule has 0 bridgehead atoms. The highest BCUT2D eigenvalue weighted by Crippen LogP contribution is 2.28. The molecule has 0 amide bonds. The van der Waals surface area contributed by atoms with Crippen LogP contribution < -0.4 is 14.8 Å². The van der Waals surface area contributed by atoms with Gasteiger partial charge in [0.1, 0.15) is 18.5 Å². The summed E-state index contributed by atoms with van der Waals surface area (Å²) in [5.41, 5.74) is 3.09. The first kappa shape index (κ1) is 23.7. The highest BCUT2D eigenvalue weighted by atomic mass is 19.1. The summed E-state index contributed by atoms with van der Waals surface area (Å²) < 4.78 is 24.6. The van der Waals surface area contributed by atoms with Gasteiger partial charge in [0.05, 0.1) is 7.11 Å². The molecule has 0 spiro atoms. The van der Waals surface area contributed by atoms with Crippen molar-refractivity contribution in [3.8, 4) is 11.5 Å². The lowest BCUT2D eigenvalue weighted by Gasteiger charge is -2.21. The Labute approximate surface area is 189 Å². The minimum atomic E-state index is -0.636. The largest absolute Gasteiger partial charge is 0.493 e. The molecule has 3 aromatic rings. The molecule has 2 N–H and O–H groups in total. The Balaban J connectivity index is 1.49. The molecule has 0 radical (unpaired) electrons. The molecule has 0 aromatic heterocycles. The second kappa shape index (κ2) is 12.2. The number of hydrogen-bond donors (Lipinski definition) is 2. The third-order valence-electron chi connectivity index (χ3n) is 5.02. The van der Waals surface area contributed by atoms with E-state index in [-0.39, 0.29) is 12.4 Å². The third-order valence-corrected chi connectivity index (χ3v) is 5.02. The average molecular weight is 439 g/mol. The zero-order valence-corrected chi connectivity index (χ0v) is 18.6. The lowest BCUT2D eigenvalue weighted by Crippen LogP contribution is -2.32. The summed E-state index contributed by atoms with van der Waals surface area (Å²) in [6, 6.07) is 22.4. The number of benzene rings is 3. The Hall–Kier alpha value is -2.93. The second-order valence-corrected chi connectivity index (χ2v) is 7.87. The van der Waals surface area contributed by atoms with Gasteiger partial charge in [-0.15, -0.1) is 0 Å². The number of aliphatic hydroxyl groups excluding tert-OH is 1. The summed E-state index contributed by atoms with van der Waals surface area (Å²) in [6.07, 6.45) is -0.636. The third kappa shape index (κ3) is 7.64. The van der Waals surface area contributed by atoms with Crippen LogP contribution in [0.1, 0.15) is 16.7 Å². The van der Waals surface area contributed by atoms with E-state index in [1.54, 1.807) is 13.2 Å². The fraction of sp³-hybridized carbons (Fsp3) is 0.308. The maximum Gasteiger partial charge on any atom is 0.161 e. The minimum absolute atomic E-state index is 0.162. The van der Waals surface area contributed by atoms with Gasteiger partial charge in [-0.25, -0.2) is 4.39 Å². The average Bonchev–Trinajstić information content (AvgIpc) is 2.78. The molecule has 3 aromatic carbocycles. The predicted molar refractivity (Wildman–Crippen MR) is 124 cm³/mol. The van der Waals surface area contributed by atoms with Crippen LogP contribution in [-0.4, -0.2) is 43.4 Å². The van der Waals surface area contributed by atoms with Gasteiger partial charge in [0.25, 0.3) is 0 Å². The van der Waals surface area contributed by atoms with Crippen LogP contribution in [0.25, 0.3) is 0 Å². The van der Waals surface area contributed by atoms with Crippen molar-refractivity contribution in [3.63, 3.8) is 0 Å². The van der Waals surface area contributed by atoms with Gasteiger partial charge in [0.15, 0.2) is 11.5 Å². The van der Waals surface area contributed by atoms with Crippen molar-refractivity contribution in [3.05, 3.63) is 95.3 Å². The fourth-order valence-corrected chi connectivity index (χ4v) is 3.50. The smallest absolute Gasteiger partial charge is 0.161 e. The van der Waals surface area contributed by atoms with Crippen LogP contribution in [0, 0.1) is 5.82 Å². The van der Waals surface area contributed by atoms with E-state index in [9.17, 15) is 9.50 Å². The van der Waals surface area contributed by atoms with Crippen LogP contribution in [0.15, 0.2) is 72.8 Å². The quantitative estimate of drug-likeness (QED) is 0.448. The molecule has 0 aliphatic heterocycles. The maximum absolute atomic E-state index is 13.3. The predicted octanol–water partition coefficient (Wildman–Crippen LogP) is 4.00. The van der Waals surface area contributed by atoms with Crippen molar-refractivity contribution in [2.24, 2.45) is 0 Å². The first-order valence-electron chi connectivity index (χ1n) is 10.7. The Bertz CT molecular complexity index is 968. The first-order valence-corrected chi connectivity index (χ1v) is 10.7. The van der Waals surface area contributed by atoms with Gasteiger partial charge < -0.3 is 19.9 Å². The molecule has 1 atom stereocenters. The number of likely N-dealkylation sites (N-methyl/N-ethyl adjacent to an activating group) is 1. The van der Waals surface area contributed by atoms with Crippen LogP contribution in [0.2, 0.25) is 0 Å². The summed E-state index contributed by atoms with van der Waals surface area (Å²) in [4.78, 5) is 2.06. The Kier molecular flexibility index (Phi) is 9.04. The van der Waals surface area contributed by atoms with E-state index >= 15 is 0 Å². The SMILES string of the molecule is COc1ccc(CNCc2cccc(F)c2)cc1OC[C@H](O)CN(C)Cc1ccccc1. The van der Waals surface area contributed by atoms with Crippen molar-refractivity contribution in [1.82, 2.24) is 10.2 Å². The van der Waals surface area contributed by atoms with Crippen LogP contribution >= 0.6 is 0 Å². The zero-order chi connectivity index (χ0) is 22.8. The van der Waals surface area contributed by atoms with E-state index in [0.717, 1.165) is 17.7 Å². The van der Waals surface area contributed by atoms with Gasteiger partial charge in [-0.3, -0.25) is 4.90 Å². The molecule has 0 heterocycles. The summed E-state index contributed by atoms with van der Waals surface area (Å²) in [5.74, 6) is 0.962. The first-order chi connectivity index (χ1) is 15.5. The monoisotopic (exact) mass is 438 g/mol. The number of nitrogens with one attached hydrogen (secondary N) is 1. The van der Waals surface area contributed by atoms with Crippen molar-refractivity contribution in [2.75, 3.05) is 27.3 Å². The standard InChI is InChI=1S/C26H31FN2O3/c1-29(17-20-7-4-3-5-8-20)18-24(30)19-32-26-14-22(11-12-25(26)31-2)16-28-15-21-9-6-10-23(27)13-21/h3-14,24,28,30H,15-19H2,1-2H3/t24-/m1/s1. The molecular weight excluding hydrogens is 407 g/mol. The van der Waals surface area contributed by atoms with E-state index in [1.807, 2.05) is 49.5 Å². The normalized spacial score (nSPS) is 12.0. The van der Waals surface area contributed by atoms with Gasteiger partial charge in [-0.2, -0.15) is 0 Å². The summed E-state index contributed by atoms with van der Waals surface area (Å²) in [5, 5.41) is 13.7. The molecule has 5 nitrogen and oxygen atoms in total. The summed E-state index contributed by atoms with van der Waals surface area (Å²) >= 11 is 0. The molecule has 0 fully saturated rings. The van der Waals surface area contributed by atoms with Crippen molar-refractivity contribution >= 4 is 0 Å². The molecule has 170 valence electrons. The van der Waals surface area contributed by atoms with Gasteiger partial charge >= 0.3 is 0 Å².